The molecule has 2 aliphatic rings. The van der Waals surface area contributed by atoms with Gasteiger partial charge in [0.05, 0.1) is 5.92 Å². The third-order valence-corrected chi connectivity index (χ3v) is 3.29. The molecule has 2 fully saturated rings. The molecule has 0 unspecified atom stereocenters. The fourth-order valence-corrected chi connectivity index (χ4v) is 2.46. The van der Waals surface area contributed by atoms with Gasteiger partial charge in [0.2, 0.25) is 0 Å². The van der Waals surface area contributed by atoms with Crippen molar-refractivity contribution in [2.45, 2.75) is 57.6 Å². The van der Waals surface area contributed by atoms with Gasteiger partial charge in [-0.25, -0.2) is 13.6 Å². The number of ether oxygens (including phenoxy) is 1. The largest absolute Gasteiger partial charge is 0.444 e. The number of fused-ring (bicyclic) bond motifs is 1. The summed E-state index contributed by atoms with van der Waals surface area (Å²) in [5, 5.41) is 0. The molecule has 0 N–H and O–H groups in total. The molecule has 0 aromatic heterocycles. The van der Waals surface area contributed by atoms with Crippen LogP contribution >= 0.6 is 0 Å². The number of alkyl halides is 2. The molecule has 1 aliphatic carbocycles. The van der Waals surface area contributed by atoms with Crippen LogP contribution in [0.15, 0.2) is 0 Å². The molecule has 0 aromatic rings. The van der Waals surface area contributed by atoms with Gasteiger partial charge in [0.25, 0.3) is 5.92 Å². The first-order valence-electron chi connectivity index (χ1n) is 6.11. The number of rotatable bonds is 0. The molecule has 1 aliphatic heterocycles. The topological polar surface area (TPSA) is 29.5 Å². The van der Waals surface area contributed by atoms with Gasteiger partial charge in [0.1, 0.15) is 11.6 Å². The molecule has 0 aromatic carbocycles. The van der Waals surface area contributed by atoms with Crippen molar-refractivity contribution in [3.05, 3.63) is 0 Å². The van der Waals surface area contributed by atoms with Gasteiger partial charge in [-0.15, -0.1) is 0 Å². The van der Waals surface area contributed by atoms with E-state index in [9.17, 15) is 13.6 Å². The minimum atomic E-state index is -2.71. The molecule has 5 heteroatoms. The first kappa shape index (κ1) is 12.6. The maximum Gasteiger partial charge on any atom is 0.410 e. The molecule has 1 saturated carbocycles. The summed E-state index contributed by atoms with van der Waals surface area (Å²) >= 11 is 0. The SMILES string of the molecule is CC(C)(C)OC(=O)N1CCCC[C@@H]2[C@H]1C2(F)F. The fraction of sp³-hybridized carbons (Fsp3) is 0.917. The summed E-state index contributed by atoms with van der Waals surface area (Å²) in [7, 11) is 0. The molecule has 1 amide bonds. The zero-order chi connectivity index (χ0) is 12.8. The highest BCUT2D eigenvalue weighted by molar-refractivity contribution is 5.69. The van der Waals surface area contributed by atoms with E-state index in [1.807, 2.05) is 0 Å². The van der Waals surface area contributed by atoms with E-state index < -0.39 is 29.6 Å². The molecular formula is C12H19F2NO2. The lowest BCUT2D eigenvalue weighted by Crippen LogP contribution is -2.40. The molecule has 2 atom stereocenters. The van der Waals surface area contributed by atoms with E-state index in [1.165, 1.54) is 4.90 Å². The normalized spacial score (nSPS) is 31.5. The van der Waals surface area contributed by atoms with Crippen LogP contribution < -0.4 is 0 Å². The van der Waals surface area contributed by atoms with E-state index >= 15 is 0 Å². The maximum atomic E-state index is 13.5. The Balaban J connectivity index is 2.06. The lowest BCUT2D eigenvalue weighted by molar-refractivity contribution is 0.00791. The Labute approximate surface area is 100 Å². The highest BCUT2D eigenvalue weighted by Gasteiger charge is 2.71. The molecule has 3 nitrogen and oxygen atoms in total. The number of hydrogen-bond acceptors (Lipinski definition) is 2. The zero-order valence-corrected chi connectivity index (χ0v) is 10.5. The Hall–Kier alpha value is -0.870. The summed E-state index contributed by atoms with van der Waals surface area (Å²) < 4.78 is 32.1. The summed E-state index contributed by atoms with van der Waals surface area (Å²) in [5.74, 6) is -3.37. The Morgan fingerprint density at radius 1 is 1.35 bits per heavy atom. The van der Waals surface area contributed by atoms with Gasteiger partial charge in [-0.2, -0.15) is 0 Å². The summed E-state index contributed by atoms with van der Waals surface area (Å²) in [6.45, 7) is 5.60. The second-order valence-corrected chi connectivity index (χ2v) is 5.90. The lowest BCUT2D eigenvalue weighted by atomic mass is 10.2. The maximum absolute atomic E-state index is 13.5. The van der Waals surface area contributed by atoms with E-state index in [1.54, 1.807) is 20.8 Å². The second kappa shape index (κ2) is 3.82. The Kier molecular flexibility index (Phi) is 2.83. The number of carbonyl (C=O) groups is 1. The highest BCUT2D eigenvalue weighted by Crippen LogP contribution is 2.56. The fourth-order valence-electron chi connectivity index (χ4n) is 2.46. The molecule has 0 radical (unpaired) electrons. The number of nitrogens with zero attached hydrogens (tertiary/aromatic N) is 1. The van der Waals surface area contributed by atoms with Crippen molar-refractivity contribution in [3.8, 4) is 0 Å². The van der Waals surface area contributed by atoms with Crippen molar-refractivity contribution in [3.63, 3.8) is 0 Å². The van der Waals surface area contributed by atoms with Gasteiger partial charge in [0.15, 0.2) is 0 Å². The number of likely N-dealkylation sites (tertiary alicyclic amines) is 1. The predicted octanol–water partition coefficient (Wildman–Crippen LogP) is 3.04. The average molecular weight is 247 g/mol. The number of carbonyl (C=O) groups excluding carboxylic acids is 1. The van der Waals surface area contributed by atoms with Crippen molar-refractivity contribution < 1.29 is 18.3 Å². The van der Waals surface area contributed by atoms with E-state index in [-0.39, 0.29) is 0 Å². The monoisotopic (exact) mass is 247 g/mol. The number of amides is 1. The molecule has 98 valence electrons. The van der Waals surface area contributed by atoms with Gasteiger partial charge in [0, 0.05) is 6.54 Å². The van der Waals surface area contributed by atoms with Crippen LogP contribution in [0.3, 0.4) is 0 Å². The van der Waals surface area contributed by atoms with E-state index in [2.05, 4.69) is 0 Å². The molecule has 0 spiro atoms. The second-order valence-electron chi connectivity index (χ2n) is 5.90. The number of halogens is 2. The van der Waals surface area contributed by atoms with Crippen LogP contribution in [0.5, 0.6) is 0 Å². The average Bonchev–Trinajstić information content (AvgIpc) is 2.75. The first-order valence-corrected chi connectivity index (χ1v) is 6.11. The van der Waals surface area contributed by atoms with Crippen LogP contribution in [-0.2, 0) is 4.74 Å². The molecule has 2 rings (SSSR count). The van der Waals surface area contributed by atoms with Crippen molar-refractivity contribution in [2.75, 3.05) is 6.54 Å². The van der Waals surface area contributed by atoms with Crippen LogP contribution in [-0.4, -0.2) is 35.1 Å². The summed E-state index contributed by atoms with van der Waals surface area (Å²) in [4.78, 5) is 13.1. The molecule has 1 heterocycles. The first-order chi connectivity index (χ1) is 7.73. The Morgan fingerprint density at radius 3 is 2.59 bits per heavy atom. The van der Waals surface area contributed by atoms with Gasteiger partial charge < -0.3 is 4.74 Å². The molecule has 17 heavy (non-hydrogen) atoms. The molecule has 1 saturated heterocycles. The van der Waals surface area contributed by atoms with Crippen molar-refractivity contribution in [1.29, 1.82) is 0 Å². The molecule has 0 bridgehead atoms. The smallest absolute Gasteiger partial charge is 0.410 e. The summed E-state index contributed by atoms with van der Waals surface area (Å²) in [5.41, 5.74) is -0.636. The van der Waals surface area contributed by atoms with E-state index in [0.717, 1.165) is 12.8 Å². The summed E-state index contributed by atoms with van der Waals surface area (Å²) in [6, 6.07) is -0.931. The highest BCUT2D eigenvalue weighted by atomic mass is 19.3. The number of hydrogen-bond donors (Lipinski definition) is 0. The van der Waals surface area contributed by atoms with Crippen LogP contribution in [0, 0.1) is 5.92 Å². The Bertz CT molecular complexity index is 325. The minimum absolute atomic E-state index is 0.381. The Morgan fingerprint density at radius 2 is 2.00 bits per heavy atom. The van der Waals surface area contributed by atoms with Crippen LogP contribution in [0.4, 0.5) is 13.6 Å². The van der Waals surface area contributed by atoms with Gasteiger partial charge in [-0.1, -0.05) is 6.42 Å². The van der Waals surface area contributed by atoms with Crippen LogP contribution in [0.25, 0.3) is 0 Å². The minimum Gasteiger partial charge on any atom is -0.444 e. The van der Waals surface area contributed by atoms with Crippen LogP contribution in [0.1, 0.15) is 40.0 Å². The lowest BCUT2D eigenvalue weighted by Gasteiger charge is -2.27. The third kappa shape index (κ3) is 2.38. The van der Waals surface area contributed by atoms with Crippen molar-refractivity contribution >= 4 is 6.09 Å². The van der Waals surface area contributed by atoms with Gasteiger partial charge in [-0.05, 0) is 33.6 Å². The zero-order valence-electron chi connectivity index (χ0n) is 10.5. The van der Waals surface area contributed by atoms with E-state index in [4.69, 9.17) is 4.74 Å². The summed E-state index contributed by atoms with van der Waals surface area (Å²) in [6.07, 6.45) is 1.45. The molecular weight excluding hydrogens is 228 g/mol. The quantitative estimate of drug-likeness (QED) is 0.658. The van der Waals surface area contributed by atoms with Gasteiger partial charge >= 0.3 is 6.09 Å². The van der Waals surface area contributed by atoms with Gasteiger partial charge in [-0.3, -0.25) is 4.90 Å². The third-order valence-electron chi connectivity index (χ3n) is 3.29. The van der Waals surface area contributed by atoms with Crippen molar-refractivity contribution in [1.82, 2.24) is 4.90 Å². The van der Waals surface area contributed by atoms with Crippen LogP contribution in [0.2, 0.25) is 0 Å². The van der Waals surface area contributed by atoms with Crippen molar-refractivity contribution in [2.24, 2.45) is 5.92 Å². The standard InChI is InChI=1S/C12H19F2NO2/c1-11(2,3)17-10(16)15-7-5-4-6-8-9(15)12(8,13)14/h8-9H,4-7H2,1-3H3/t8-,9+/m1/s1. The van der Waals surface area contributed by atoms with E-state index in [0.29, 0.717) is 13.0 Å². The predicted molar refractivity (Wildman–Crippen MR) is 59.0 cm³/mol.